The summed E-state index contributed by atoms with van der Waals surface area (Å²) in [5.74, 6) is 1.88. The van der Waals surface area contributed by atoms with E-state index in [4.69, 9.17) is 5.73 Å². The fourth-order valence-electron chi connectivity index (χ4n) is 2.22. The van der Waals surface area contributed by atoms with Gasteiger partial charge in [-0.2, -0.15) is 0 Å². The molecule has 0 saturated heterocycles. The summed E-state index contributed by atoms with van der Waals surface area (Å²) in [6.45, 7) is 0.970. The highest BCUT2D eigenvalue weighted by molar-refractivity contribution is 5.91. The molecule has 0 unspecified atom stereocenters. The number of hydrogen-bond acceptors (Lipinski definition) is 4. The Labute approximate surface area is 107 Å². The molecule has 1 aromatic carbocycles. The Bertz CT molecular complexity index is 548. The van der Waals surface area contributed by atoms with Crippen LogP contribution in [0.2, 0.25) is 0 Å². The molecule has 18 heavy (non-hydrogen) atoms. The van der Waals surface area contributed by atoms with Crippen LogP contribution in [0.5, 0.6) is 0 Å². The molecule has 3 rings (SSSR count). The fraction of sp³-hybridized carbons (Fsp3) is 0.429. The first-order chi connectivity index (χ1) is 8.83. The molecule has 0 atom stereocenters. The fourth-order valence-corrected chi connectivity index (χ4v) is 2.22. The number of hydrogen-bond donors (Lipinski definition) is 2. The van der Waals surface area contributed by atoms with Gasteiger partial charge in [0.25, 0.3) is 0 Å². The summed E-state index contributed by atoms with van der Waals surface area (Å²) in [5.41, 5.74) is 7.49. The normalized spacial score (nSPS) is 14.9. The van der Waals surface area contributed by atoms with Crippen molar-refractivity contribution in [2.45, 2.75) is 25.7 Å². The Morgan fingerprint density at radius 2 is 2.17 bits per heavy atom. The largest absolute Gasteiger partial charge is 0.399 e. The van der Waals surface area contributed by atoms with Gasteiger partial charge in [-0.05, 0) is 37.0 Å². The van der Waals surface area contributed by atoms with Crippen LogP contribution in [0.25, 0.3) is 10.9 Å². The van der Waals surface area contributed by atoms with E-state index in [0.717, 1.165) is 34.9 Å². The molecule has 0 spiro atoms. The first-order valence-corrected chi connectivity index (χ1v) is 6.57. The Morgan fingerprint density at radius 3 is 3.00 bits per heavy atom. The Balaban J connectivity index is 1.71. The Morgan fingerprint density at radius 1 is 1.28 bits per heavy atom. The predicted octanol–water partition coefficient (Wildman–Crippen LogP) is 2.81. The Hall–Kier alpha value is -1.84. The molecule has 3 N–H and O–H groups in total. The lowest BCUT2D eigenvalue weighted by Crippen LogP contribution is -2.04. The van der Waals surface area contributed by atoms with E-state index in [2.05, 4.69) is 15.3 Å². The summed E-state index contributed by atoms with van der Waals surface area (Å²) >= 11 is 0. The molecule has 0 aliphatic heterocycles. The van der Waals surface area contributed by atoms with Gasteiger partial charge in [0.1, 0.15) is 12.1 Å². The molecule has 1 heterocycles. The van der Waals surface area contributed by atoms with E-state index in [-0.39, 0.29) is 0 Å². The van der Waals surface area contributed by atoms with E-state index < -0.39 is 0 Å². The van der Waals surface area contributed by atoms with Gasteiger partial charge in [0.2, 0.25) is 0 Å². The molecule has 94 valence electrons. The van der Waals surface area contributed by atoms with Gasteiger partial charge in [-0.25, -0.2) is 9.97 Å². The summed E-state index contributed by atoms with van der Waals surface area (Å²) in [6, 6.07) is 5.73. The number of fused-ring (bicyclic) bond motifs is 1. The molecule has 1 fully saturated rings. The molecule has 4 heteroatoms. The predicted molar refractivity (Wildman–Crippen MR) is 74.4 cm³/mol. The van der Waals surface area contributed by atoms with E-state index in [0.29, 0.717) is 0 Å². The first-order valence-electron chi connectivity index (χ1n) is 6.57. The topological polar surface area (TPSA) is 63.8 Å². The summed E-state index contributed by atoms with van der Waals surface area (Å²) in [5, 5.41) is 4.39. The van der Waals surface area contributed by atoms with Crippen molar-refractivity contribution in [2.24, 2.45) is 5.92 Å². The van der Waals surface area contributed by atoms with Crippen molar-refractivity contribution in [2.75, 3.05) is 17.6 Å². The van der Waals surface area contributed by atoms with Crippen LogP contribution in [0.3, 0.4) is 0 Å². The van der Waals surface area contributed by atoms with Crippen LogP contribution in [0.1, 0.15) is 25.7 Å². The van der Waals surface area contributed by atoms with E-state index in [1.807, 2.05) is 18.2 Å². The van der Waals surface area contributed by atoms with Gasteiger partial charge in [0, 0.05) is 17.6 Å². The van der Waals surface area contributed by atoms with Crippen molar-refractivity contribution in [1.29, 1.82) is 0 Å². The molecule has 1 saturated carbocycles. The number of nitrogens with zero attached hydrogens (tertiary/aromatic N) is 2. The van der Waals surface area contributed by atoms with Crippen LogP contribution in [0, 0.1) is 5.92 Å². The molecule has 0 bridgehead atoms. The molecule has 0 radical (unpaired) electrons. The van der Waals surface area contributed by atoms with Crippen LogP contribution in [0.15, 0.2) is 24.5 Å². The van der Waals surface area contributed by atoms with Crippen molar-refractivity contribution in [3.05, 3.63) is 24.5 Å². The van der Waals surface area contributed by atoms with E-state index >= 15 is 0 Å². The number of nitrogen functional groups attached to an aromatic ring is 1. The number of rotatable bonds is 5. The van der Waals surface area contributed by atoms with E-state index in [1.165, 1.54) is 25.7 Å². The number of benzene rings is 1. The minimum absolute atomic E-state index is 0.748. The lowest BCUT2D eigenvalue weighted by Gasteiger charge is -2.08. The minimum Gasteiger partial charge on any atom is -0.399 e. The second-order valence-corrected chi connectivity index (χ2v) is 5.01. The van der Waals surface area contributed by atoms with E-state index in [1.54, 1.807) is 6.33 Å². The van der Waals surface area contributed by atoms with Gasteiger partial charge in [0.05, 0.1) is 5.52 Å². The zero-order chi connectivity index (χ0) is 12.4. The Kier molecular flexibility index (Phi) is 3.00. The molecule has 1 aliphatic carbocycles. The maximum atomic E-state index is 5.81. The SMILES string of the molecule is Nc1ccc2ncnc(NCCCC3CC3)c2c1. The van der Waals surface area contributed by atoms with Crippen LogP contribution in [-0.4, -0.2) is 16.5 Å². The average molecular weight is 242 g/mol. The highest BCUT2D eigenvalue weighted by Gasteiger charge is 2.19. The van der Waals surface area contributed by atoms with Gasteiger partial charge in [-0.3, -0.25) is 0 Å². The lowest BCUT2D eigenvalue weighted by molar-refractivity contribution is 0.687. The van der Waals surface area contributed by atoms with Crippen molar-refractivity contribution in [1.82, 2.24) is 9.97 Å². The third-order valence-corrected chi connectivity index (χ3v) is 3.44. The van der Waals surface area contributed by atoms with Crippen molar-refractivity contribution in [3.8, 4) is 0 Å². The standard InChI is InChI=1S/C14H18N4/c15-11-5-6-13-12(8-11)14(18-9-17-13)16-7-1-2-10-3-4-10/h5-6,8-10H,1-4,7,15H2,(H,16,17,18). The van der Waals surface area contributed by atoms with Crippen LogP contribution in [-0.2, 0) is 0 Å². The molecular formula is C14H18N4. The van der Waals surface area contributed by atoms with Crippen LogP contribution in [0.4, 0.5) is 11.5 Å². The second kappa shape index (κ2) is 4.80. The van der Waals surface area contributed by atoms with Gasteiger partial charge in [0.15, 0.2) is 0 Å². The van der Waals surface area contributed by atoms with Gasteiger partial charge in [-0.1, -0.05) is 12.8 Å². The number of nitrogens with one attached hydrogen (secondary N) is 1. The number of aromatic nitrogens is 2. The third kappa shape index (κ3) is 2.53. The van der Waals surface area contributed by atoms with Crippen molar-refractivity contribution >= 4 is 22.4 Å². The molecule has 1 aliphatic rings. The first kappa shape index (κ1) is 11.3. The molecular weight excluding hydrogens is 224 g/mol. The molecule has 2 aromatic rings. The van der Waals surface area contributed by atoms with Crippen molar-refractivity contribution in [3.63, 3.8) is 0 Å². The van der Waals surface area contributed by atoms with Crippen molar-refractivity contribution < 1.29 is 0 Å². The lowest BCUT2D eigenvalue weighted by atomic mass is 10.2. The number of anilines is 2. The minimum atomic E-state index is 0.748. The van der Waals surface area contributed by atoms with Crippen LogP contribution < -0.4 is 11.1 Å². The average Bonchev–Trinajstić information content (AvgIpc) is 3.19. The highest BCUT2D eigenvalue weighted by atomic mass is 15.0. The summed E-state index contributed by atoms with van der Waals surface area (Å²) in [6.07, 6.45) is 6.98. The van der Waals surface area contributed by atoms with Gasteiger partial charge in [-0.15, -0.1) is 0 Å². The van der Waals surface area contributed by atoms with Gasteiger partial charge < -0.3 is 11.1 Å². The zero-order valence-electron chi connectivity index (χ0n) is 10.4. The third-order valence-electron chi connectivity index (χ3n) is 3.44. The second-order valence-electron chi connectivity index (χ2n) is 5.01. The number of nitrogens with two attached hydrogens (primary N) is 1. The molecule has 1 aromatic heterocycles. The summed E-state index contributed by atoms with van der Waals surface area (Å²) < 4.78 is 0. The van der Waals surface area contributed by atoms with E-state index in [9.17, 15) is 0 Å². The monoisotopic (exact) mass is 242 g/mol. The molecule has 0 amide bonds. The zero-order valence-corrected chi connectivity index (χ0v) is 10.4. The van der Waals surface area contributed by atoms with Crippen LogP contribution >= 0.6 is 0 Å². The molecule has 4 nitrogen and oxygen atoms in total. The smallest absolute Gasteiger partial charge is 0.137 e. The van der Waals surface area contributed by atoms with Gasteiger partial charge >= 0.3 is 0 Å². The maximum absolute atomic E-state index is 5.81. The summed E-state index contributed by atoms with van der Waals surface area (Å²) in [7, 11) is 0. The summed E-state index contributed by atoms with van der Waals surface area (Å²) in [4.78, 5) is 8.55. The quantitative estimate of drug-likeness (QED) is 0.625. The highest BCUT2D eigenvalue weighted by Crippen LogP contribution is 2.33. The maximum Gasteiger partial charge on any atom is 0.137 e.